The zero-order valence-corrected chi connectivity index (χ0v) is 14.7. The van der Waals surface area contributed by atoms with Gasteiger partial charge < -0.3 is 14.6 Å². The molecule has 2 atom stereocenters. The highest BCUT2D eigenvalue weighted by atomic mass is 32.1. The molecule has 3 heterocycles. The lowest BCUT2D eigenvalue weighted by Gasteiger charge is -2.50. The molecule has 3 aliphatic rings. The van der Waals surface area contributed by atoms with Gasteiger partial charge >= 0.3 is 0 Å². The third kappa shape index (κ3) is 2.29. The molecule has 6 nitrogen and oxygen atoms in total. The molecular weight excluding hydrogens is 326 g/mol. The van der Waals surface area contributed by atoms with Gasteiger partial charge in [0, 0.05) is 43.4 Å². The fourth-order valence-corrected chi connectivity index (χ4v) is 4.71. The molecule has 1 spiro atoms. The smallest absolute Gasteiger partial charge is 0.265 e. The number of hydrogen-bond acceptors (Lipinski definition) is 5. The number of thiazole rings is 1. The van der Waals surface area contributed by atoms with Crippen LogP contribution < -0.4 is 0 Å². The van der Waals surface area contributed by atoms with Crippen LogP contribution in [0.2, 0.25) is 0 Å². The van der Waals surface area contributed by atoms with Crippen LogP contribution in [0, 0.1) is 22.7 Å². The minimum Gasteiger partial charge on any atom is -0.341 e. The SMILES string of the molecule is CC1(C)C[C@@H]1C(=O)N1CC2(CN(C(=O)c3cncs3)CC2C=O)C1. The first kappa shape index (κ1) is 15.7. The van der Waals surface area contributed by atoms with Crippen molar-refractivity contribution in [1.29, 1.82) is 0 Å². The second-order valence-corrected chi connectivity index (χ2v) is 8.98. The van der Waals surface area contributed by atoms with Crippen molar-refractivity contribution in [2.75, 3.05) is 26.2 Å². The summed E-state index contributed by atoms with van der Waals surface area (Å²) in [6.45, 7) is 6.40. The first-order valence-corrected chi connectivity index (χ1v) is 9.16. The molecule has 0 bridgehead atoms. The Labute approximate surface area is 144 Å². The summed E-state index contributed by atoms with van der Waals surface area (Å²) in [6.07, 6.45) is 3.48. The Kier molecular flexibility index (Phi) is 3.36. The van der Waals surface area contributed by atoms with E-state index in [1.807, 2.05) is 4.90 Å². The van der Waals surface area contributed by atoms with Gasteiger partial charge in [-0.15, -0.1) is 11.3 Å². The molecule has 1 aromatic heterocycles. The minimum atomic E-state index is -0.253. The van der Waals surface area contributed by atoms with Crippen molar-refractivity contribution in [1.82, 2.24) is 14.8 Å². The molecule has 2 amide bonds. The molecule has 3 fully saturated rings. The van der Waals surface area contributed by atoms with Gasteiger partial charge in [-0.3, -0.25) is 14.6 Å². The number of hydrogen-bond donors (Lipinski definition) is 0. The molecule has 0 aromatic carbocycles. The maximum atomic E-state index is 12.5. The van der Waals surface area contributed by atoms with Gasteiger partial charge in [-0.1, -0.05) is 13.8 Å². The number of likely N-dealkylation sites (tertiary alicyclic amines) is 2. The third-order valence-corrected chi connectivity index (χ3v) is 6.70. The molecular formula is C17H21N3O3S. The van der Waals surface area contributed by atoms with Crippen LogP contribution in [0.4, 0.5) is 0 Å². The molecule has 24 heavy (non-hydrogen) atoms. The normalized spacial score (nSPS) is 29.4. The standard InChI is InChI=1S/C17H21N3O3S/c1-16(2)3-12(16)14(22)20-8-17(9-20)7-19(5-11(17)6-21)15(23)13-4-18-10-24-13/h4,6,10-12H,3,5,7-9H2,1-2H3/t11?,12-/m1/s1. The number of carbonyl (C=O) groups excluding carboxylic acids is 3. The summed E-state index contributed by atoms with van der Waals surface area (Å²) in [5.41, 5.74) is 1.50. The third-order valence-electron chi connectivity index (χ3n) is 5.94. The molecule has 0 radical (unpaired) electrons. The Balaban J connectivity index is 1.43. The van der Waals surface area contributed by atoms with Crippen LogP contribution in [0.3, 0.4) is 0 Å². The Morgan fingerprint density at radius 1 is 1.29 bits per heavy atom. The van der Waals surface area contributed by atoms with E-state index in [1.165, 1.54) is 11.3 Å². The largest absolute Gasteiger partial charge is 0.341 e. The van der Waals surface area contributed by atoms with Gasteiger partial charge in [-0.05, 0) is 11.8 Å². The van der Waals surface area contributed by atoms with E-state index in [1.54, 1.807) is 16.6 Å². The van der Waals surface area contributed by atoms with Gasteiger partial charge in [0.1, 0.15) is 11.2 Å². The number of amides is 2. The highest BCUT2D eigenvalue weighted by Gasteiger charge is 2.60. The molecule has 1 unspecified atom stereocenters. The van der Waals surface area contributed by atoms with E-state index in [-0.39, 0.29) is 34.5 Å². The minimum absolute atomic E-state index is 0.0608. The summed E-state index contributed by atoms with van der Waals surface area (Å²) in [6, 6.07) is 0. The summed E-state index contributed by atoms with van der Waals surface area (Å²) in [5.74, 6) is 0.0864. The van der Waals surface area contributed by atoms with Crippen LogP contribution in [-0.2, 0) is 9.59 Å². The number of rotatable bonds is 3. The van der Waals surface area contributed by atoms with Gasteiger partial charge in [-0.2, -0.15) is 0 Å². The van der Waals surface area contributed by atoms with Crippen LogP contribution in [0.1, 0.15) is 29.9 Å². The van der Waals surface area contributed by atoms with Crippen LogP contribution in [0.25, 0.3) is 0 Å². The summed E-state index contributed by atoms with van der Waals surface area (Å²) in [4.78, 5) is 44.7. The zero-order chi connectivity index (χ0) is 17.1. The van der Waals surface area contributed by atoms with Crippen LogP contribution in [0.5, 0.6) is 0 Å². The summed E-state index contributed by atoms with van der Waals surface area (Å²) < 4.78 is 0. The molecule has 2 aliphatic heterocycles. The number of nitrogens with zero attached hydrogens (tertiary/aromatic N) is 3. The second kappa shape index (κ2) is 5.12. The fraction of sp³-hybridized carbons (Fsp3) is 0.647. The molecule has 1 aromatic rings. The lowest BCUT2D eigenvalue weighted by molar-refractivity contribution is -0.148. The van der Waals surface area contributed by atoms with E-state index in [2.05, 4.69) is 18.8 Å². The van der Waals surface area contributed by atoms with Crippen molar-refractivity contribution < 1.29 is 14.4 Å². The van der Waals surface area contributed by atoms with Gasteiger partial charge in [0.05, 0.1) is 11.7 Å². The van der Waals surface area contributed by atoms with Crippen molar-refractivity contribution in [2.45, 2.75) is 20.3 Å². The van der Waals surface area contributed by atoms with Crippen LogP contribution in [-0.4, -0.2) is 59.1 Å². The average Bonchev–Trinajstić information content (AvgIpc) is 2.94. The van der Waals surface area contributed by atoms with Gasteiger partial charge in [0.25, 0.3) is 5.91 Å². The molecule has 1 saturated carbocycles. The Hall–Kier alpha value is -1.76. The van der Waals surface area contributed by atoms with Gasteiger partial charge in [0.2, 0.25) is 5.91 Å². The van der Waals surface area contributed by atoms with E-state index in [4.69, 9.17) is 0 Å². The molecule has 4 rings (SSSR count). The Morgan fingerprint density at radius 3 is 2.50 bits per heavy atom. The second-order valence-electron chi connectivity index (χ2n) is 8.10. The van der Waals surface area contributed by atoms with E-state index in [9.17, 15) is 14.4 Å². The van der Waals surface area contributed by atoms with Crippen molar-refractivity contribution >= 4 is 29.4 Å². The van der Waals surface area contributed by atoms with E-state index in [0.29, 0.717) is 31.1 Å². The predicted molar refractivity (Wildman–Crippen MR) is 88.5 cm³/mol. The zero-order valence-electron chi connectivity index (χ0n) is 13.9. The number of aldehydes is 1. The maximum absolute atomic E-state index is 12.5. The van der Waals surface area contributed by atoms with Crippen molar-refractivity contribution in [3.8, 4) is 0 Å². The number of aromatic nitrogens is 1. The van der Waals surface area contributed by atoms with Crippen LogP contribution >= 0.6 is 11.3 Å². The molecule has 7 heteroatoms. The van der Waals surface area contributed by atoms with Crippen molar-refractivity contribution in [3.63, 3.8) is 0 Å². The highest BCUT2D eigenvalue weighted by Crippen LogP contribution is 2.54. The highest BCUT2D eigenvalue weighted by molar-refractivity contribution is 7.11. The Bertz CT molecular complexity index is 694. The average molecular weight is 347 g/mol. The fourth-order valence-electron chi connectivity index (χ4n) is 4.13. The van der Waals surface area contributed by atoms with E-state index < -0.39 is 0 Å². The van der Waals surface area contributed by atoms with E-state index in [0.717, 1.165) is 12.7 Å². The molecule has 0 N–H and O–H groups in total. The molecule has 1 aliphatic carbocycles. The Morgan fingerprint density at radius 2 is 1.96 bits per heavy atom. The molecule has 128 valence electrons. The van der Waals surface area contributed by atoms with Crippen molar-refractivity contribution in [3.05, 3.63) is 16.6 Å². The topological polar surface area (TPSA) is 70.6 Å². The van der Waals surface area contributed by atoms with Gasteiger partial charge in [-0.25, -0.2) is 0 Å². The molecule has 2 saturated heterocycles. The number of carbonyl (C=O) groups is 3. The summed E-state index contributed by atoms with van der Waals surface area (Å²) >= 11 is 1.31. The van der Waals surface area contributed by atoms with Crippen molar-refractivity contribution in [2.24, 2.45) is 22.7 Å². The lowest BCUT2D eigenvalue weighted by Crippen LogP contribution is -2.63. The summed E-state index contributed by atoms with van der Waals surface area (Å²) in [7, 11) is 0. The van der Waals surface area contributed by atoms with E-state index >= 15 is 0 Å². The first-order valence-electron chi connectivity index (χ1n) is 8.28. The summed E-state index contributed by atoms with van der Waals surface area (Å²) in [5, 5.41) is 0. The quantitative estimate of drug-likeness (QED) is 0.773. The maximum Gasteiger partial charge on any atom is 0.265 e. The first-order chi connectivity index (χ1) is 11.4. The monoisotopic (exact) mass is 347 g/mol. The lowest BCUT2D eigenvalue weighted by atomic mass is 9.72. The van der Waals surface area contributed by atoms with Crippen LogP contribution in [0.15, 0.2) is 11.7 Å². The predicted octanol–water partition coefficient (Wildman–Crippen LogP) is 1.29. The van der Waals surface area contributed by atoms with Gasteiger partial charge in [0.15, 0.2) is 0 Å².